The highest BCUT2D eigenvalue weighted by Crippen LogP contribution is 2.23. The molecule has 100 valence electrons. The number of aryl methyl sites for hydroxylation is 1. The Balaban J connectivity index is 2.15. The largest absolute Gasteiger partial charge is 0.497 e. The van der Waals surface area contributed by atoms with Crippen molar-refractivity contribution in [2.45, 2.75) is 19.4 Å². The Labute approximate surface area is 119 Å². The minimum atomic E-state index is -0.0646. The van der Waals surface area contributed by atoms with E-state index >= 15 is 0 Å². The lowest BCUT2D eigenvalue weighted by Crippen LogP contribution is -2.13. The van der Waals surface area contributed by atoms with Gasteiger partial charge in [-0.2, -0.15) is 0 Å². The van der Waals surface area contributed by atoms with Crippen LogP contribution in [0, 0.1) is 6.92 Å². The number of methoxy groups -OCH3 is 1. The monoisotopic (exact) mass is 275 g/mol. The number of nitrogens with two attached hydrogens (primary N) is 1. The lowest BCUT2D eigenvalue weighted by atomic mass is 9.99. The second-order valence-electron chi connectivity index (χ2n) is 4.67. The molecule has 0 amide bonds. The van der Waals surface area contributed by atoms with Crippen molar-refractivity contribution in [3.63, 3.8) is 0 Å². The van der Waals surface area contributed by atoms with Crippen LogP contribution in [-0.4, -0.2) is 7.11 Å². The van der Waals surface area contributed by atoms with Crippen molar-refractivity contribution in [3.8, 4) is 5.75 Å². The van der Waals surface area contributed by atoms with Gasteiger partial charge in [0.25, 0.3) is 0 Å². The number of hydrogen-bond donors (Lipinski definition) is 1. The molecular weight excluding hydrogens is 258 g/mol. The molecule has 0 aliphatic carbocycles. The Bertz CT molecular complexity index is 568. The van der Waals surface area contributed by atoms with Gasteiger partial charge < -0.3 is 10.5 Å². The molecular formula is C16H18ClNO. The quantitative estimate of drug-likeness (QED) is 0.918. The zero-order chi connectivity index (χ0) is 13.8. The first-order chi connectivity index (χ1) is 9.10. The van der Waals surface area contributed by atoms with Crippen LogP contribution < -0.4 is 10.5 Å². The third-order valence-electron chi connectivity index (χ3n) is 3.21. The molecule has 2 aromatic carbocycles. The highest BCUT2D eigenvalue weighted by molar-refractivity contribution is 6.31. The van der Waals surface area contributed by atoms with E-state index in [4.69, 9.17) is 22.1 Å². The van der Waals surface area contributed by atoms with Crippen molar-refractivity contribution in [1.82, 2.24) is 0 Å². The molecule has 0 spiro atoms. The van der Waals surface area contributed by atoms with Gasteiger partial charge in [-0.05, 0) is 48.2 Å². The number of benzene rings is 2. The average molecular weight is 276 g/mol. The average Bonchev–Trinajstić information content (AvgIpc) is 2.42. The summed E-state index contributed by atoms with van der Waals surface area (Å²) >= 11 is 6.13. The maximum atomic E-state index is 6.24. The molecule has 0 saturated heterocycles. The fourth-order valence-electron chi connectivity index (χ4n) is 2.01. The van der Waals surface area contributed by atoms with Crippen LogP contribution in [0.15, 0.2) is 42.5 Å². The molecule has 0 saturated carbocycles. The molecule has 2 N–H and O–H groups in total. The summed E-state index contributed by atoms with van der Waals surface area (Å²) < 4.78 is 5.22. The van der Waals surface area contributed by atoms with Gasteiger partial charge in [-0.1, -0.05) is 35.9 Å². The Hall–Kier alpha value is -1.51. The normalized spacial score (nSPS) is 12.2. The van der Waals surface area contributed by atoms with E-state index in [1.165, 1.54) is 0 Å². The summed E-state index contributed by atoms with van der Waals surface area (Å²) in [5.74, 6) is 0.853. The summed E-state index contributed by atoms with van der Waals surface area (Å²) in [7, 11) is 1.67. The SMILES string of the molecule is COc1cccc(CC(N)c2ccc(C)c(Cl)c2)c1. The molecule has 19 heavy (non-hydrogen) atoms. The first kappa shape index (κ1) is 13.9. The summed E-state index contributed by atoms with van der Waals surface area (Å²) in [6.45, 7) is 1.99. The Morgan fingerprint density at radius 3 is 2.68 bits per heavy atom. The maximum Gasteiger partial charge on any atom is 0.119 e. The van der Waals surface area contributed by atoms with Crippen LogP contribution in [0.25, 0.3) is 0 Å². The van der Waals surface area contributed by atoms with Crippen molar-refractivity contribution in [2.24, 2.45) is 5.73 Å². The number of rotatable bonds is 4. The van der Waals surface area contributed by atoms with Crippen molar-refractivity contribution in [3.05, 3.63) is 64.2 Å². The first-order valence-corrected chi connectivity index (χ1v) is 6.62. The van der Waals surface area contributed by atoms with E-state index in [1.807, 2.05) is 43.3 Å². The minimum Gasteiger partial charge on any atom is -0.497 e. The summed E-state index contributed by atoms with van der Waals surface area (Å²) in [5, 5.41) is 0.763. The Morgan fingerprint density at radius 2 is 2.00 bits per heavy atom. The van der Waals surface area contributed by atoms with Crippen molar-refractivity contribution in [1.29, 1.82) is 0 Å². The van der Waals surface area contributed by atoms with Gasteiger partial charge in [0.05, 0.1) is 7.11 Å². The van der Waals surface area contributed by atoms with Gasteiger partial charge in [-0.25, -0.2) is 0 Å². The third-order valence-corrected chi connectivity index (χ3v) is 3.62. The van der Waals surface area contributed by atoms with E-state index < -0.39 is 0 Å². The third kappa shape index (κ3) is 3.49. The highest BCUT2D eigenvalue weighted by atomic mass is 35.5. The smallest absolute Gasteiger partial charge is 0.119 e. The minimum absolute atomic E-state index is 0.0646. The van der Waals surface area contributed by atoms with Crippen LogP contribution >= 0.6 is 11.6 Å². The predicted octanol–water partition coefficient (Wildman–Crippen LogP) is 3.90. The fourth-order valence-corrected chi connectivity index (χ4v) is 2.20. The number of hydrogen-bond acceptors (Lipinski definition) is 2. The van der Waals surface area contributed by atoms with Crippen molar-refractivity contribution >= 4 is 11.6 Å². The predicted molar refractivity (Wildman–Crippen MR) is 79.8 cm³/mol. The molecule has 2 nitrogen and oxygen atoms in total. The van der Waals surface area contributed by atoms with Crippen LogP contribution in [0.4, 0.5) is 0 Å². The van der Waals surface area contributed by atoms with E-state index in [2.05, 4.69) is 6.07 Å². The van der Waals surface area contributed by atoms with Crippen LogP contribution in [0.3, 0.4) is 0 Å². The Kier molecular flexibility index (Phi) is 4.46. The summed E-state index contributed by atoms with van der Waals surface area (Å²) in [4.78, 5) is 0. The number of ether oxygens (including phenoxy) is 1. The van der Waals surface area contributed by atoms with Gasteiger partial charge in [-0.3, -0.25) is 0 Å². The van der Waals surface area contributed by atoms with E-state index in [9.17, 15) is 0 Å². The molecule has 2 rings (SSSR count). The molecule has 2 aromatic rings. The molecule has 0 aliphatic rings. The molecule has 0 heterocycles. The van der Waals surface area contributed by atoms with Gasteiger partial charge in [-0.15, -0.1) is 0 Å². The van der Waals surface area contributed by atoms with E-state index in [0.717, 1.165) is 33.9 Å². The van der Waals surface area contributed by atoms with Gasteiger partial charge in [0.1, 0.15) is 5.75 Å². The maximum absolute atomic E-state index is 6.24. The zero-order valence-electron chi connectivity index (χ0n) is 11.2. The van der Waals surface area contributed by atoms with Gasteiger partial charge in [0, 0.05) is 11.1 Å². The molecule has 3 heteroatoms. The zero-order valence-corrected chi connectivity index (χ0v) is 11.9. The second kappa shape index (κ2) is 6.09. The Morgan fingerprint density at radius 1 is 1.21 bits per heavy atom. The van der Waals surface area contributed by atoms with Gasteiger partial charge in [0.2, 0.25) is 0 Å². The lowest BCUT2D eigenvalue weighted by molar-refractivity contribution is 0.414. The lowest BCUT2D eigenvalue weighted by Gasteiger charge is -2.14. The topological polar surface area (TPSA) is 35.2 Å². The molecule has 1 atom stereocenters. The second-order valence-corrected chi connectivity index (χ2v) is 5.08. The molecule has 0 aliphatic heterocycles. The standard InChI is InChI=1S/C16H18ClNO/c1-11-6-7-13(10-15(11)17)16(18)9-12-4-3-5-14(8-12)19-2/h3-8,10,16H,9,18H2,1-2H3. The van der Waals surface area contributed by atoms with Gasteiger partial charge >= 0.3 is 0 Å². The first-order valence-electron chi connectivity index (χ1n) is 6.24. The van der Waals surface area contributed by atoms with E-state index in [-0.39, 0.29) is 6.04 Å². The molecule has 1 unspecified atom stereocenters. The van der Waals surface area contributed by atoms with Crippen molar-refractivity contribution in [2.75, 3.05) is 7.11 Å². The van der Waals surface area contributed by atoms with Crippen molar-refractivity contribution < 1.29 is 4.74 Å². The molecule has 0 aromatic heterocycles. The van der Waals surface area contributed by atoms with E-state index in [1.54, 1.807) is 7.11 Å². The highest BCUT2D eigenvalue weighted by Gasteiger charge is 2.09. The fraction of sp³-hybridized carbons (Fsp3) is 0.250. The number of halogens is 1. The van der Waals surface area contributed by atoms with Crippen LogP contribution in [0.1, 0.15) is 22.7 Å². The summed E-state index contributed by atoms with van der Waals surface area (Å²) in [6, 6.07) is 13.9. The van der Waals surface area contributed by atoms with Crippen LogP contribution in [0.5, 0.6) is 5.75 Å². The molecule has 0 bridgehead atoms. The summed E-state index contributed by atoms with van der Waals surface area (Å²) in [5.41, 5.74) is 9.52. The molecule has 0 fully saturated rings. The van der Waals surface area contributed by atoms with E-state index in [0.29, 0.717) is 0 Å². The van der Waals surface area contributed by atoms with Crippen LogP contribution in [0.2, 0.25) is 5.02 Å². The van der Waals surface area contributed by atoms with Gasteiger partial charge in [0.15, 0.2) is 0 Å². The summed E-state index contributed by atoms with van der Waals surface area (Å²) in [6.07, 6.45) is 0.761. The van der Waals surface area contributed by atoms with Crippen LogP contribution in [-0.2, 0) is 6.42 Å². The molecule has 0 radical (unpaired) electrons.